The van der Waals surface area contributed by atoms with Gasteiger partial charge in [-0.2, -0.15) is 4.39 Å². The normalized spacial score (nSPS) is 13.1. The maximum absolute atomic E-state index is 13.8. The van der Waals surface area contributed by atoms with Crippen LogP contribution in [0.25, 0.3) is 11.1 Å². The molecule has 0 unspecified atom stereocenters. The van der Waals surface area contributed by atoms with Crippen molar-refractivity contribution in [3.8, 4) is 16.9 Å². The second kappa shape index (κ2) is 9.28. The summed E-state index contributed by atoms with van der Waals surface area (Å²) < 4.78 is 37.7. The van der Waals surface area contributed by atoms with Gasteiger partial charge in [0, 0.05) is 13.0 Å². The van der Waals surface area contributed by atoms with Gasteiger partial charge in [0.15, 0.2) is 17.6 Å². The smallest absolute Gasteiger partial charge is 0.410 e. The van der Waals surface area contributed by atoms with Crippen molar-refractivity contribution < 1.29 is 33.0 Å². The van der Waals surface area contributed by atoms with Gasteiger partial charge < -0.3 is 14.6 Å². The highest BCUT2D eigenvalue weighted by molar-refractivity contribution is 5.81. The van der Waals surface area contributed by atoms with E-state index in [9.17, 15) is 23.5 Å². The number of nitrogens with zero attached hydrogens (tertiary/aromatic N) is 1. The number of amides is 1. The predicted octanol–water partition coefficient (Wildman–Crippen LogP) is 4.68. The van der Waals surface area contributed by atoms with Gasteiger partial charge in [-0.1, -0.05) is 54.6 Å². The molecule has 0 radical (unpaired) electrons. The van der Waals surface area contributed by atoms with E-state index in [1.807, 2.05) is 48.5 Å². The van der Waals surface area contributed by atoms with Crippen LogP contribution in [0.4, 0.5) is 13.6 Å². The molecule has 0 fully saturated rings. The van der Waals surface area contributed by atoms with Gasteiger partial charge in [-0.15, -0.1) is 0 Å². The number of benzene rings is 3. The van der Waals surface area contributed by atoms with E-state index in [0.29, 0.717) is 0 Å². The molecule has 8 heteroatoms. The number of fused-ring (bicyclic) bond motifs is 3. The van der Waals surface area contributed by atoms with Crippen LogP contribution in [0.1, 0.15) is 17.0 Å². The monoisotopic (exact) mass is 453 g/mol. The highest BCUT2D eigenvalue weighted by Crippen LogP contribution is 2.44. The zero-order valence-corrected chi connectivity index (χ0v) is 17.7. The molecular weight excluding hydrogens is 432 g/mol. The SMILES string of the molecule is CN(C(=O)OCC1c2ccccc2-c2ccccc21)[C@@H](COc1cccc(F)c1F)C(=O)O. The van der Waals surface area contributed by atoms with Gasteiger partial charge in [0.05, 0.1) is 0 Å². The summed E-state index contributed by atoms with van der Waals surface area (Å²) in [6.07, 6.45) is -0.868. The number of hydrogen-bond donors (Lipinski definition) is 1. The minimum Gasteiger partial charge on any atom is -0.488 e. The lowest BCUT2D eigenvalue weighted by Crippen LogP contribution is -2.46. The van der Waals surface area contributed by atoms with E-state index >= 15 is 0 Å². The summed E-state index contributed by atoms with van der Waals surface area (Å²) >= 11 is 0. The van der Waals surface area contributed by atoms with Crippen LogP contribution in [0, 0.1) is 11.6 Å². The third kappa shape index (κ3) is 4.37. The third-order valence-corrected chi connectivity index (χ3v) is 5.69. The Morgan fingerprint density at radius 1 is 0.970 bits per heavy atom. The quantitative estimate of drug-likeness (QED) is 0.562. The van der Waals surface area contributed by atoms with Gasteiger partial charge >= 0.3 is 12.1 Å². The van der Waals surface area contributed by atoms with Crippen LogP contribution in [0.3, 0.4) is 0 Å². The van der Waals surface area contributed by atoms with Gasteiger partial charge in [0.2, 0.25) is 5.82 Å². The Bertz CT molecular complexity index is 1150. The van der Waals surface area contributed by atoms with Gasteiger partial charge in [0.1, 0.15) is 13.2 Å². The lowest BCUT2D eigenvalue weighted by Gasteiger charge is -2.25. The number of carboxylic acids is 1. The summed E-state index contributed by atoms with van der Waals surface area (Å²) in [5.74, 6) is -4.35. The topological polar surface area (TPSA) is 76.1 Å². The Balaban J connectivity index is 1.44. The lowest BCUT2D eigenvalue weighted by atomic mass is 9.98. The number of carbonyl (C=O) groups is 2. The number of carboxylic acid groups (broad SMARTS) is 1. The standard InChI is InChI=1S/C25H21F2NO5/c1-28(21(24(29)30)14-32-22-12-6-11-20(26)23(22)27)25(31)33-13-19-17-9-4-2-7-15(17)16-8-3-5-10-18(16)19/h2-12,19,21H,13-14H2,1H3,(H,29,30)/t21-/m0/s1. The number of aliphatic carboxylic acids is 1. The van der Waals surface area contributed by atoms with Crippen LogP contribution in [0.15, 0.2) is 66.7 Å². The molecule has 0 spiro atoms. The summed E-state index contributed by atoms with van der Waals surface area (Å²) in [5.41, 5.74) is 4.18. The van der Waals surface area contributed by atoms with Crippen LogP contribution in [-0.2, 0) is 9.53 Å². The molecule has 1 N–H and O–H groups in total. The number of halogens is 2. The maximum Gasteiger partial charge on any atom is 0.410 e. The average Bonchev–Trinajstić information content (AvgIpc) is 3.13. The molecule has 6 nitrogen and oxygen atoms in total. The minimum absolute atomic E-state index is 0.0168. The largest absolute Gasteiger partial charge is 0.488 e. The molecule has 3 aromatic carbocycles. The number of ether oxygens (including phenoxy) is 2. The van der Waals surface area contributed by atoms with Crippen LogP contribution in [0.2, 0.25) is 0 Å². The number of carbonyl (C=O) groups excluding carboxylic acids is 1. The Labute approximate surface area is 189 Å². The van der Waals surface area contributed by atoms with Crippen molar-refractivity contribution in [3.63, 3.8) is 0 Å². The fraction of sp³-hybridized carbons (Fsp3) is 0.200. The predicted molar refractivity (Wildman–Crippen MR) is 116 cm³/mol. The summed E-state index contributed by atoms with van der Waals surface area (Å²) in [7, 11) is 1.25. The fourth-order valence-electron chi connectivity index (χ4n) is 3.94. The van der Waals surface area contributed by atoms with Crippen molar-refractivity contribution in [2.24, 2.45) is 0 Å². The Hall–Kier alpha value is -3.94. The van der Waals surface area contributed by atoms with E-state index in [2.05, 4.69) is 0 Å². The van der Waals surface area contributed by atoms with E-state index in [0.717, 1.165) is 33.2 Å². The van der Waals surface area contributed by atoms with Crippen LogP contribution < -0.4 is 4.74 Å². The van der Waals surface area contributed by atoms with Crippen LogP contribution >= 0.6 is 0 Å². The molecule has 33 heavy (non-hydrogen) atoms. The average molecular weight is 453 g/mol. The van der Waals surface area contributed by atoms with Gasteiger partial charge in [0.25, 0.3) is 0 Å². The molecule has 0 aromatic heterocycles. The summed E-state index contributed by atoms with van der Waals surface area (Å²) in [6.45, 7) is -0.570. The fourth-order valence-corrected chi connectivity index (χ4v) is 3.94. The Kier molecular flexibility index (Phi) is 6.26. The molecule has 1 amide bonds. The molecule has 0 saturated carbocycles. The van der Waals surface area contributed by atoms with Crippen molar-refractivity contribution in [2.45, 2.75) is 12.0 Å². The number of likely N-dealkylation sites (N-methyl/N-ethyl adjacent to an activating group) is 1. The van der Waals surface area contributed by atoms with Crippen molar-refractivity contribution in [1.82, 2.24) is 4.90 Å². The molecule has 0 saturated heterocycles. The Morgan fingerprint density at radius 2 is 1.58 bits per heavy atom. The molecule has 1 atom stereocenters. The van der Waals surface area contributed by atoms with Crippen LogP contribution in [-0.4, -0.2) is 48.4 Å². The molecule has 3 aromatic rings. The first kappa shape index (κ1) is 22.3. The van der Waals surface area contributed by atoms with Crippen LogP contribution in [0.5, 0.6) is 5.75 Å². The number of hydrogen-bond acceptors (Lipinski definition) is 4. The van der Waals surface area contributed by atoms with Gasteiger partial charge in [-0.3, -0.25) is 4.90 Å². The lowest BCUT2D eigenvalue weighted by molar-refractivity contribution is -0.143. The highest BCUT2D eigenvalue weighted by atomic mass is 19.2. The second-order valence-corrected chi connectivity index (χ2v) is 7.63. The summed E-state index contributed by atoms with van der Waals surface area (Å²) in [4.78, 5) is 25.2. The van der Waals surface area contributed by atoms with Gasteiger partial charge in [-0.25, -0.2) is 14.0 Å². The molecular formula is C25H21F2NO5. The molecule has 0 heterocycles. The summed E-state index contributed by atoms with van der Waals surface area (Å²) in [6, 6.07) is 17.5. The highest BCUT2D eigenvalue weighted by Gasteiger charge is 2.32. The number of rotatable bonds is 7. The first-order valence-electron chi connectivity index (χ1n) is 10.3. The minimum atomic E-state index is -1.47. The maximum atomic E-state index is 13.8. The first-order chi connectivity index (χ1) is 15.9. The molecule has 1 aliphatic carbocycles. The van der Waals surface area contributed by atoms with E-state index < -0.39 is 42.1 Å². The molecule has 4 rings (SSSR count). The van der Waals surface area contributed by atoms with E-state index in [4.69, 9.17) is 9.47 Å². The third-order valence-electron chi connectivity index (χ3n) is 5.69. The van der Waals surface area contributed by atoms with Crippen molar-refractivity contribution >= 4 is 12.1 Å². The van der Waals surface area contributed by atoms with E-state index in [1.54, 1.807) is 0 Å². The zero-order chi connectivity index (χ0) is 23.5. The Morgan fingerprint density at radius 3 is 2.18 bits per heavy atom. The molecule has 0 bridgehead atoms. The van der Waals surface area contributed by atoms with Gasteiger partial charge in [-0.05, 0) is 34.4 Å². The van der Waals surface area contributed by atoms with E-state index in [1.165, 1.54) is 19.2 Å². The molecule has 1 aliphatic rings. The molecule has 0 aliphatic heterocycles. The second-order valence-electron chi connectivity index (χ2n) is 7.63. The zero-order valence-electron chi connectivity index (χ0n) is 17.7. The van der Waals surface area contributed by atoms with E-state index in [-0.39, 0.29) is 12.5 Å². The molecule has 170 valence electrons. The van der Waals surface area contributed by atoms with Crippen molar-refractivity contribution in [2.75, 3.05) is 20.3 Å². The van der Waals surface area contributed by atoms with Crippen molar-refractivity contribution in [3.05, 3.63) is 89.5 Å². The van der Waals surface area contributed by atoms with Crippen molar-refractivity contribution in [1.29, 1.82) is 0 Å². The first-order valence-corrected chi connectivity index (χ1v) is 10.3. The summed E-state index contributed by atoms with van der Waals surface area (Å²) in [5, 5.41) is 9.54.